The number of aryl methyl sites for hydroxylation is 3. The maximum atomic E-state index is 12.4. The summed E-state index contributed by atoms with van der Waals surface area (Å²) >= 11 is 0. The summed E-state index contributed by atoms with van der Waals surface area (Å²) in [5.41, 5.74) is 3.30. The maximum absolute atomic E-state index is 12.4. The molecule has 0 unspecified atom stereocenters. The van der Waals surface area contributed by atoms with E-state index in [9.17, 15) is 4.79 Å². The topological polar surface area (TPSA) is 85.8 Å². The van der Waals surface area contributed by atoms with Gasteiger partial charge in [0.2, 0.25) is 5.91 Å². The van der Waals surface area contributed by atoms with E-state index in [2.05, 4.69) is 25.2 Å². The molecule has 7 heteroatoms. The third kappa shape index (κ3) is 3.63. The molecule has 0 aliphatic carbocycles. The van der Waals surface area contributed by atoms with Crippen LogP contribution in [0.3, 0.4) is 0 Å². The van der Waals surface area contributed by atoms with Gasteiger partial charge in [0.25, 0.3) is 0 Å². The quantitative estimate of drug-likeness (QED) is 0.765. The third-order valence-corrected chi connectivity index (χ3v) is 5.03. The van der Waals surface area contributed by atoms with Crippen LogP contribution in [-0.2, 0) is 24.2 Å². The van der Waals surface area contributed by atoms with Crippen LogP contribution in [0.5, 0.6) is 0 Å². The zero-order valence-corrected chi connectivity index (χ0v) is 15.7. The summed E-state index contributed by atoms with van der Waals surface area (Å²) in [5.74, 6) is 2.51. The summed E-state index contributed by atoms with van der Waals surface area (Å²) < 4.78 is 7.34. The summed E-state index contributed by atoms with van der Waals surface area (Å²) in [6.07, 6.45) is 4.75. The summed E-state index contributed by atoms with van der Waals surface area (Å²) in [6.45, 7) is 4.61. The zero-order valence-electron chi connectivity index (χ0n) is 15.7. The number of hydrogen-bond acceptors (Lipinski definition) is 5. The zero-order chi connectivity index (χ0) is 18.8. The Balaban J connectivity index is 1.53. The molecular weight excluding hydrogens is 342 g/mol. The molecule has 0 saturated carbocycles. The van der Waals surface area contributed by atoms with Gasteiger partial charge in [-0.25, -0.2) is 0 Å². The van der Waals surface area contributed by atoms with Crippen molar-refractivity contribution in [3.63, 3.8) is 0 Å². The smallest absolute Gasteiger partial charge is 0.228 e. The third-order valence-electron chi connectivity index (χ3n) is 5.03. The highest BCUT2D eigenvalue weighted by Gasteiger charge is 2.17. The molecule has 4 rings (SSSR count). The number of nitrogens with one attached hydrogen (secondary N) is 1. The molecule has 2 aromatic heterocycles. The van der Waals surface area contributed by atoms with E-state index in [1.807, 2.05) is 38.1 Å². The average Bonchev–Trinajstić information content (AvgIpc) is 3.10. The van der Waals surface area contributed by atoms with Gasteiger partial charge in [0.1, 0.15) is 11.6 Å². The number of aromatic nitrogens is 4. The van der Waals surface area contributed by atoms with Crippen LogP contribution in [0.4, 0.5) is 5.69 Å². The second kappa shape index (κ2) is 7.34. The largest absolute Gasteiger partial charge is 0.361 e. The Morgan fingerprint density at radius 3 is 2.93 bits per heavy atom. The lowest BCUT2D eigenvalue weighted by Crippen LogP contribution is -2.15. The fraction of sp³-hybridized carbons (Fsp3) is 0.400. The number of benzene rings is 1. The molecule has 3 aromatic rings. The fourth-order valence-electron chi connectivity index (χ4n) is 3.55. The molecule has 0 spiro atoms. The predicted molar refractivity (Wildman–Crippen MR) is 101 cm³/mol. The lowest BCUT2D eigenvalue weighted by atomic mass is 10.1. The molecule has 1 aromatic carbocycles. The van der Waals surface area contributed by atoms with E-state index in [4.69, 9.17) is 4.52 Å². The first-order valence-corrected chi connectivity index (χ1v) is 9.36. The minimum Gasteiger partial charge on any atom is -0.361 e. The number of carbonyl (C=O) groups is 1. The van der Waals surface area contributed by atoms with E-state index in [0.717, 1.165) is 60.0 Å². The van der Waals surface area contributed by atoms with Gasteiger partial charge in [-0.15, -0.1) is 10.2 Å². The highest BCUT2D eigenvalue weighted by molar-refractivity contribution is 5.93. The van der Waals surface area contributed by atoms with Crippen molar-refractivity contribution in [2.24, 2.45) is 0 Å². The molecule has 0 atom stereocenters. The summed E-state index contributed by atoms with van der Waals surface area (Å²) in [5, 5.41) is 15.6. The number of hydrogen-bond donors (Lipinski definition) is 1. The van der Waals surface area contributed by atoms with E-state index in [-0.39, 0.29) is 12.3 Å². The van der Waals surface area contributed by atoms with E-state index in [0.29, 0.717) is 5.76 Å². The minimum atomic E-state index is -0.0957. The predicted octanol–water partition coefficient (Wildman–Crippen LogP) is 3.46. The highest BCUT2D eigenvalue weighted by Crippen LogP contribution is 2.25. The van der Waals surface area contributed by atoms with Gasteiger partial charge in [-0.1, -0.05) is 23.7 Å². The second-order valence-corrected chi connectivity index (χ2v) is 7.01. The highest BCUT2D eigenvalue weighted by atomic mass is 16.5. The van der Waals surface area contributed by atoms with Crippen molar-refractivity contribution in [1.82, 2.24) is 19.9 Å². The van der Waals surface area contributed by atoms with Gasteiger partial charge in [0, 0.05) is 29.8 Å². The van der Waals surface area contributed by atoms with Crippen molar-refractivity contribution in [2.75, 3.05) is 5.32 Å². The van der Waals surface area contributed by atoms with Crippen molar-refractivity contribution < 1.29 is 9.32 Å². The number of anilines is 1. The molecule has 0 bridgehead atoms. The molecule has 1 aliphatic rings. The van der Waals surface area contributed by atoms with Crippen molar-refractivity contribution in [2.45, 2.75) is 52.5 Å². The summed E-state index contributed by atoms with van der Waals surface area (Å²) in [6, 6.07) is 7.77. The molecular formula is C20H23N5O2. The Labute approximate surface area is 157 Å². The van der Waals surface area contributed by atoms with Gasteiger partial charge in [0.05, 0.1) is 12.1 Å². The first-order valence-electron chi connectivity index (χ1n) is 9.36. The molecule has 7 nitrogen and oxygen atoms in total. The number of nitrogens with zero attached hydrogens (tertiary/aromatic N) is 4. The van der Waals surface area contributed by atoms with Crippen LogP contribution in [0.2, 0.25) is 0 Å². The van der Waals surface area contributed by atoms with Crippen LogP contribution in [0.15, 0.2) is 28.8 Å². The molecule has 0 saturated heterocycles. The van der Waals surface area contributed by atoms with Gasteiger partial charge in [0.15, 0.2) is 5.82 Å². The minimum absolute atomic E-state index is 0.0957. The Bertz CT molecular complexity index is 953. The maximum Gasteiger partial charge on any atom is 0.228 e. The van der Waals surface area contributed by atoms with E-state index >= 15 is 0 Å². The van der Waals surface area contributed by atoms with Crippen molar-refractivity contribution in [3.8, 4) is 11.4 Å². The van der Waals surface area contributed by atoms with Crippen LogP contribution in [-0.4, -0.2) is 25.8 Å². The van der Waals surface area contributed by atoms with E-state index in [1.165, 1.54) is 6.42 Å². The first-order chi connectivity index (χ1) is 13.1. The monoisotopic (exact) mass is 365 g/mol. The van der Waals surface area contributed by atoms with Gasteiger partial charge >= 0.3 is 0 Å². The Morgan fingerprint density at radius 1 is 1.22 bits per heavy atom. The Hall–Kier alpha value is -2.96. The molecule has 1 N–H and O–H groups in total. The summed E-state index contributed by atoms with van der Waals surface area (Å²) in [4.78, 5) is 12.4. The average molecular weight is 365 g/mol. The Morgan fingerprint density at radius 2 is 2.11 bits per heavy atom. The van der Waals surface area contributed by atoms with Crippen LogP contribution < -0.4 is 5.32 Å². The molecule has 140 valence electrons. The summed E-state index contributed by atoms with van der Waals surface area (Å²) in [7, 11) is 0. The van der Waals surface area contributed by atoms with Crippen molar-refractivity contribution >= 4 is 11.6 Å². The second-order valence-electron chi connectivity index (χ2n) is 7.01. The molecule has 1 amide bonds. The van der Waals surface area contributed by atoms with Crippen molar-refractivity contribution in [3.05, 3.63) is 47.1 Å². The molecule has 0 fully saturated rings. The van der Waals surface area contributed by atoms with Crippen LogP contribution in [0.25, 0.3) is 11.4 Å². The van der Waals surface area contributed by atoms with Crippen LogP contribution >= 0.6 is 0 Å². The fourth-order valence-corrected chi connectivity index (χ4v) is 3.55. The van der Waals surface area contributed by atoms with Gasteiger partial charge in [-0.3, -0.25) is 4.79 Å². The van der Waals surface area contributed by atoms with Gasteiger partial charge in [-0.2, -0.15) is 0 Å². The lowest BCUT2D eigenvalue weighted by Gasteiger charge is -2.09. The van der Waals surface area contributed by atoms with Crippen LogP contribution in [0, 0.1) is 13.8 Å². The van der Waals surface area contributed by atoms with Crippen LogP contribution in [0.1, 0.15) is 42.1 Å². The van der Waals surface area contributed by atoms with E-state index < -0.39 is 0 Å². The number of carbonyl (C=O) groups excluding carboxylic acids is 1. The first kappa shape index (κ1) is 17.5. The standard InChI is InChI=1S/C20H23N5O2/c1-13-17(14(2)27-24-13)12-19(26)21-16-8-6-7-15(11-16)20-23-22-18-9-4-3-5-10-25(18)20/h6-8,11H,3-5,9-10,12H2,1-2H3,(H,21,26). The SMILES string of the molecule is Cc1noc(C)c1CC(=O)Nc1cccc(-c2nnc3n2CCCCC3)c1. The van der Waals surface area contributed by atoms with Crippen molar-refractivity contribution in [1.29, 1.82) is 0 Å². The molecule has 27 heavy (non-hydrogen) atoms. The molecule has 1 aliphatic heterocycles. The van der Waals surface area contributed by atoms with E-state index in [1.54, 1.807) is 0 Å². The molecule has 0 radical (unpaired) electrons. The lowest BCUT2D eigenvalue weighted by molar-refractivity contribution is -0.115. The van der Waals surface area contributed by atoms with Gasteiger partial charge < -0.3 is 14.4 Å². The number of rotatable bonds is 4. The number of amides is 1. The Kier molecular flexibility index (Phi) is 4.75. The van der Waals surface area contributed by atoms with Gasteiger partial charge in [-0.05, 0) is 38.8 Å². The number of fused-ring (bicyclic) bond motifs is 1. The molecule has 3 heterocycles. The normalized spacial score (nSPS) is 13.9.